The molecule has 2 aromatic rings. The summed E-state index contributed by atoms with van der Waals surface area (Å²) in [7, 11) is -3.01. The number of hydrogen-bond acceptors (Lipinski definition) is 7. The molecule has 0 unspecified atom stereocenters. The average molecular weight is 524 g/mol. The molecule has 0 spiro atoms. The van der Waals surface area contributed by atoms with Crippen LogP contribution in [0.15, 0.2) is 41.3 Å². The van der Waals surface area contributed by atoms with E-state index < -0.39 is 22.0 Å². The highest BCUT2D eigenvalue weighted by Crippen LogP contribution is 2.37. The molecule has 34 heavy (non-hydrogen) atoms. The summed E-state index contributed by atoms with van der Waals surface area (Å²) in [6.07, 6.45) is 2.41. The van der Waals surface area contributed by atoms with Gasteiger partial charge in [-0.2, -0.15) is 9.57 Å². The number of sulfonamides is 1. The molecule has 0 amide bonds. The third-order valence-corrected chi connectivity index (χ3v) is 8.42. The summed E-state index contributed by atoms with van der Waals surface area (Å²) in [5.74, 6) is -0.393. The SMILES string of the molecule is COC(=O)[C@@H]1C[C@H](N2CCCC2)CN1S(=O)(=O)c1cc(C#N)ccc1Oc1cc(Cl)cc(Cl)c1. The molecule has 2 aliphatic heterocycles. The Morgan fingerprint density at radius 1 is 1.12 bits per heavy atom. The maximum Gasteiger partial charge on any atom is 0.324 e. The van der Waals surface area contributed by atoms with Gasteiger partial charge in [0.2, 0.25) is 10.0 Å². The summed E-state index contributed by atoms with van der Waals surface area (Å²) < 4.78 is 39.7. The smallest absolute Gasteiger partial charge is 0.324 e. The van der Waals surface area contributed by atoms with Crippen molar-refractivity contribution in [3.8, 4) is 17.6 Å². The van der Waals surface area contributed by atoms with E-state index in [0.717, 1.165) is 30.2 Å². The van der Waals surface area contributed by atoms with Crippen LogP contribution < -0.4 is 4.74 Å². The lowest BCUT2D eigenvalue weighted by Gasteiger charge is -2.24. The lowest BCUT2D eigenvalue weighted by atomic mass is 10.1. The Morgan fingerprint density at radius 2 is 1.79 bits per heavy atom. The van der Waals surface area contributed by atoms with Gasteiger partial charge in [-0.3, -0.25) is 9.69 Å². The third-order valence-electron chi connectivity index (χ3n) is 6.09. The van der Waals surface area contributed by atoms with E-state index in [4.69, 9.17) is 32.7 Å². The highest BCUT2D eigenvalue weighted by molar-refractivity contribution is 7.89. The number of carbonyl (C=O) groups excluding carboxylic acids is 1. The van der Waals surface area contributed by atoms with Crippen molar-refractivity contribution in [1.82, 2.24) is 9.21 Å². The fourth-order valence-corrected chi connectivity index (χ4v) is 6.75. The van der Waals surface area contributed by atoms with Crippen molar-refractivity contribution in [1.29, 1.82) is 5.26 Å². The maximum absolute atomic E-state index is 13.9. The molecule has 0 saturated carbocycles. The van der Waals surface area contributed by atoms with Gasteiger partial charge in [0.15, 0.2) is 0 Å². The summed E-state index contributed by atoms with van der Waals surface area (Å²) in [6, 6.07) is 9.51. The molecule has 4 rings (SSSR count). The standard InChI is InChI=1S/C23H23Cl2N3O5S/c1-32-23(29)20-12-18(27-6-2-3-7-27)14-28(20)34(30,31)22-8-15(13-26)4-5-21(22)33-19-10-16(24)9-17(25)11-19/h4-5,8-11,18,20H,2-3,6-7,12,14H2,1H3/t18-,20-/m0/s1. The van der Waals surface area contributed by atoms with Crippen LogP contribution >= 0.6 is 23.2 Å². The highest BCUT2D eigenvalue weighted by Gasteiger charge is 2.47. The number of benzene rings is 2. The summed E-state index contributed by atoms with van der Waals surface area (Å²) in [5, 5.41) is 10.0. The van der Waals surface area contributed by atoms with Gasteiger partial charge < -0.3 is 9.47 Å². The van der Waals surface area contributed by atoms with Gasteiger partial charge in [-0.15, -0.1) is 0 Å². The van der Waals surface area contributed by atoms with E-state index in [9.17, 15) is 18.5 Å². The van der Waals surface area contributed by atoms with Gasteiger partial charge in [0.05, 0.1) is 18.7 Å². The lowest BCUT2D eigenvalue weighted by Crippen LogP contribution is -2.41. The number of methoxy groups -OCH3 is 1. The molecule has 2 heterocycles. The minimum Gasteiger partial charge on any atom is -0.468 e. The quantitative estimate of drug-likeness (QED) is 0.526. The van der Waals surface area contributed by atoms with Gasteiger partial charge in [-0.1, -0.05) is 23.2 Å². The van der Waals surface area contributed by atoms with Crippen LogP contribution in [0.1, 0.15) is 24.8 Å². The van der Waals surface area contributed by atoms with E-state index in [1.165, 1.54) is 43.5 Å². The Kier molecular flexibility index (Phi) is 7.36. The molecule has 0 bridgehead atoms. The summed E-state index contributed by atoms with van der Waals surface area (Å²) in [5.41, 5.74) is 0.139. The average Bonchev–Trinajstić information content (AvgIpc) is 3.48. The minimum absolute atomic E-state index is 0.00873. The fourth-order valence-electron chi connectivity index (χ4n) is 4.48. The van der Waals surface area contributed by atoms with E-state index in [1.807, 2.05) is 6.07 Å². The number of nitrogens with zero attached hydrogens (tertiary/aromatic N) is 3. The lowest BCUT2D eigenvalue weighted by molar-refractivity contribution is -0.144. The van der Waals surface area contributed by atoms with Crippen LogP contribution in [0.25, 0.3) is 0 Å². The Hall–Kier alpha value is -2.35. The van der Waals surface area contributed by atoms with Crippen molar-refractivity contribution >= 4 is 39.2 Å². The van der Waals surface area contributed by atoms with Crippen molar-refractivity contribution in [3.63, 3.8) is 0 Å². The van der Waals surface area contributed by atoms with Crippen molar-refractivity contribution in [2.45, 2.75) is 36.2 Å². The van der Waals surface area contributed by atoms with Crippen molar-refractivity contribution in [3.05, 3.63) is 52.0 Å². The van der Waals surface area contributed by atoms with Crippen LogP contribution in [-0.2, 0) is 19.6 Å². The molecular weight excluding hydrogens is 501 g/mol. The van der Waals surface area contributed by atoms with Crippen LogP contribution in [-0.4, -0.2) is 62.4 Å². The van der Waals surface area contributed by atoms with E-state index in [-0.39, 0.29) is 34.5 Å². The van der Waals surface area contributed by atoms with Crippen molar-refractivity contribution in [2.75, 3.05) is 26.7 Å². The second kappa shape index (κ2) is 10.1. The summed E-state index contributed by atoms with van der Waals surface area (Å²) in [4.78, 5) is 14.6. The molecule has 2 atom stereocenters. The molecule has 0 aromatic heterocycles. The van der Waals surface area contributed by atoms with Gasteiger partial charge in [0, 0.05) is 22.6 Å². The topological polar surface area (TPSA) is 99.9 Å². The monoisotopic (exact) mass is 523 g/mol. The minimum atomic E-state index is -4.25. The van der Waals surface area contributed by atoms with Gasteiger partial charge in [-0.25, -0.2) is 8.42 Å². The van der Waals surface area contributed by atoms with Crippen molar-refractivity contribution in [2.24, 2.45) is 0 Å². The third kappa shape index (κ3) is 5.02. The van der Waals surface area contributed by atoms with E-state index in [2.05, 4.69) is 4.90 Å². The van der Waals surface area contributed by atoms with E-state index >= 15 is 0 Å². The number of carbonyl (C=O) groups is 1. The fraction of sp³-hybridized carbons (Fsp3) is 0.391. The number of halogens is 2. The molecule has 8 nitrogen and oxygen atoms in total. The van der Waals surface area contributed by atoms with Crippen molar-refractivity contribution < 1.29 is 22.7 Å². The molecule has 2 aliphatic rings. The Labute approximate surface area is 208 Å². The number of ether oxygens (including phenoxy) is 2. The van der Waals surface area contributed by atoms with Crippen LogP contribution in [0.5, 0.6) is 11.5 Å². The van der Waals surface area contributed by atoms with Crippen LogP contribution in [0.2, 0.25) is 10.0 Å². The zero-order chi connectivity index (χ0) is 24.5. The normalized spacial score (nSPS) is 21.4. The molecule has 11 heteroatoms. The predicted octanol–water partition coefficient (Wildman–Crippen LogP) is 4.06. The van der Waals surface area contributed by atoms with Crippen LogP contribution in [0.4, 0.5) is 0 Å². The highest BCUT2D eigenvalue weighted by atomic mass is 35.5. The molecule has 2 fully saturated rings. The Morgan fingerprint density at radius 3 is 2.41 bits per heavy atom. The molecule has 0 aliphatic carbocycles. The predicted molar refractivity (Wildman–Crippen MR) is 127 cm³/mol. The zero-order valence-corrected chi connectivity index (χ0v) is 20.7. The van der Waals surface area contributed by atoms with Crippen LogP contribution in [0.3, 0.4) is 0 Å². The number of rotatable bonds is 6. The first kappa shape index (κ1) is 24.8. The second-order valence-corrected chi connectivity index (χ2v) is 11.0. The molecule has 0 radical (unpaired) electrons. The van der Waals surface area contributed by atoms with Gasteiger partial charge in [-0.05, 0) is 68.8 Å². The number of likely N-dealkylation sites (tertiary alicyclic amines) is 1. The number of nitriles is 1. The molecule has 2 aromatic carbocycles. The Bertz CT molecular complexity index is 1220. The Balaban J connectivity index is 1.74. The number of hydrogen-bond donors (Lipinski definition) is 0. The van der Waals surface area contributed by atoms with Gasteiger partial charge in [0.1, 0.15) is 22.4 Å². The van der Waals surface area contributed by atoms with Crippen LogP contribution in [0, 0.1) is 11.3 Å². The molecule has 180 valence electrons. The summed E-state index contributed by atoms with van der Waals surface area (Å²) in [6.45, 7) is 1.86. The largest absolute Gasteiger partial charge is 0.468 e. The van der Waals surface area contributed by atoms with E-state index in [0.29, 0.717) is 16.5 Å². The van der Waals surface area contributed by atoms with Gasteiger partial charge in [0.25, 0.3) is 0 Å². The molecular formula is C23H23Cl2N3O5S. The number of esters is 1. The first-order valence-corrected chi connectivity index (χ1v) is 12.9. The first-order chi connectivity index (χ1) is 16.2. The zero-order valence-electron chi connectivity index (χ0n) is 18.4. The molecule has 2 saturated heterocycles. The second-order valence-electron chi connectivity index (χ2n) is 8.23. The summed E-state index contributed by atoms with van der Waals surface area (Å²) >= 11 is 12.1. The first-order valence-electron chi connectivity index (χ1n) is 10.7. The van der Waals surface area contributed by atoms with E-state index in [1.54, 1.807) is 0 Å². The molecule has 0 N–H and O–H groups in total. The maximum atomic E-state index is 13.9. The van der Waals surface area contributed by atoms with Gasteiger partial charge >= 0.3 is 5.97 Å².